The van der Waals surface area contributed by atoms with Gasteiger partial charge < -0.3 is 10.2 Å². The lowest BCUT2D eigenvalue weighted by atomic mass is 9.99. The lowest BCUT2D eigenvalue weighted by Crippen LogP contribution is -2.44. The molecule has 2 aliphatic heterocycles. The first-order chi connectivity index (χ1) is 13.4. The summed E-state index contributed by atoms with van der Waals surface area (Å²) in [6.07, 6.45) is 4.26. The zero-order valence-electron chi connectivity index (χ0n) is 16.1. The summed E-state index contributed by atoms with van der Waals surface area (Å²) >= 11 is 0. The van der Waals surface area contributed by atoms with Crippen molar-refractivity contribution < 1.29 is 14.4 Å². The van der Waals surface area contributed by atoms with Crippen LogP contribution in [0, 0.1) is 18.8 Å². The van der Waals surface area contributed by atoms with Gasteiger partial charge in [0.05, 0.1) is 11.6 Å². The van der Waals surface area contributed by atoms with Crippen LogP contribution < -0.4 is 5.32 Å². The largest absolute Gasteiger partial charge is 0.334 e. The Kier molecular flexibility index (Phi) is 4.82. The van der Waals surface area contributed by atoms with E-state index in [0.717, 1.165) is 37.8 Å². The fraction of sp³-hybridized carbons (Fsp3) is 0.579. The third-order valence-electron chi connectivity index (χ3n) is 5.61. The van der Waals surface area contributed by atoms with E-state index in [4.69, 9.17) is 0 Å². The molecule has 0 bridgehead atoms. The van der Waals surface area contributed by atoms with Crippen LogP contribution in [0.1, 0.15) is 44.7 Å². The Morgan fingerprint density at radius 2 is 1.93 bits per heavy atom. The number of carbonyl (C=O) groups is 3. The Morgan fingerprint density at radius 1 is 1.18 bits per heavy atom. The number of fused-ring (bicyclic) bond motifs is 1. The van der Waals surface area contributed by atoms with Crippen molar-refractivity contribution in [3.05, 3.63) is 11.8 Å². The second kappa shape index (κ2) is 7.29. The van der Waals surface area contributed by atoms with Crippen molar-refractivity contribution in [3.8, 4) is 0 Å². The van der Waals surface area contributed by atoms with Crippen LogP contribution >= 0.6 is 0 Å². The minimum atomic E-state index is -0.718. The summed E-state index contributed by atoms with van der Waals surface area (Å²) in [7, 11) is 0. The monoisotopic (exact) mass is 384 g/mol. The van der Waals surface area contributed by atoms with Gasteiger partial charge >= 0.3 is 11.8 Å². The number of nitrogens with one attached hydrogen (secondary N) is 1. The highest BCUT2D eigenvalue weighted by atomic mass is 16.2. The van der Waals surface area contributed by atoms with E-state index in [2.05, 4.69) is 27.3 Å². The van der Waals surface area contributed by atoms with E-state index < -0.39 is 11.8 Å². The maximum absolute atomic E-state index is 12.5. The molecule has 4 rings (SSSR count). The summed E-state index contributed by atoms with van der Waals surface area (Å²) in [6.45, 7) is 5.08. The molecule has 9 heteroatoms. The summed E-state index contributed by atoms with van der Waals surface area (Å²) in [6, 6.07) is 1.64. The highest BCUT2D eigenvalue weighted by molar-refractivity contribution is 6.39. The number of aromatic nitrogens is 2. The molecule has 0 radical (unpaired) electrons. The average molecular weight is 384 g/mol. The number of aliphatic imine (C=N–C) groups is 2. The molecule has 148 valence electrons. The van der Waals surface area contributed by atoms with Gasteiger partial charge in [0.2, 0.25) is 0 Å². The molecule has 0 spiro atoms. The molecular weight excluding hydrogens is 360 g/mol. The number of amides is 3. The number of carbonyl (C=O) groups excluding carboxylic acids is 3. The molecule has 1 aromatic heterocycles. The molecule has 9 nitrogen and oxygen atoms in total. The topological polar surface area (TPSA) is 109 Å². The predicted octanol–water partition coefficient (Wildman–Crippen LogP) is 1.37. The van der Waals surface area contributed by atoms with Crippen molar-refractivity contribution >= 4 is 35.2 Å². The summed E-state index contributed by atoms with van der Waals surface area (Å²) in [5.41, 5.74) is 1.44. The van der Waals surface area contributed by atoms with Gasteiger partial charge in [-0.25, -0.2) is 4.99 Å². The van der Waals surface area contributed by atoms with Crippen molar-refractivity contribution in [3.63, 3.8) is 0 Å². The van der Waals surface area contributed by atoms with E-state index in [1.165, 1.54) is 4.68 Å². The second-order valence-electron chi connectivity index (χ2n) is 7.81. The lowest BCUT2D eigenvalue weighted by molar-refractivity contribution is -0.144. The second-order valence-corrected chi connectivity index (χ2v) is 7.81. The Balaban J connectivity index is 1.53. The molecule has 1 unspecified atom stereocenters. The zero-order valence-corrected chi connectivity index (χ0v) is 16.1. The Bertz CT molecular complexity index is 891. The first-order valence-electron chi connectivity index (χ1n) is 9.79. The number of piperidine rings is 1. The minimum absolute atomic E-state index is 0.140. The lowest BCUT2D eigenvalue weighted by Gasteiger charge is -2.29. The standard InChI is InChI=1S/C19H24N6O3/c1-11-6-8-24(9-7-11)18(28)17(27)21-15-10-12(2)23-25(15)19-20-14-5-3-4-13(14)16(26)22-19/h10-11,13H,3-9H2,1-2H3,(H,21,27). The number of hydrogen-bond acceptors (Lipinski definition) is 5. The Labute approximate surface area is 162 Å². The predicted molar refractivity (Wildman–Crippen MR) is 103 cm³/mol. The van der Waals surface area contributed by atoms with Crippen LogP contribution in [0.25, 0.3) is 0 Å². The molecule has 1 atom stereocenters. The van der Waals surface area contributed by atoms with E-state index in [1.54, 1.807) is 17.9 Å². The molecule has 28 heavy (non-hydrogen) atoms. The van der Waals surface area contributed by atoms with Gasteiger partial charge in [-0.05, 0) is 44.9 Å². The molecule has 1 saturated carbocycles. The summed E-state index contributed by atoms with van der Waals surface area (Å²) in [4.78, 5) is 47.4. The summed E-state index contributed by atoms with van der Waals surface area (Å²) in [5, 5.41) is 6.93. The third-order valence-corrected chi connectivity index (χ3v) is 5.61. The van der Waals surface area contributed by atoms with Crippen LogP contribution in [-0.4, -0.2) is 57.2 Å². The van der Waals surface area contributed by atoms with E-state index >= 15 is 0 Å². The van der Waals surface area contributed by atoms with Crippen molar-refractivity contribution in [2.45, 2.75) is 46.0 Å². The molecule has 3 aliphatic rings. The van der Waals surface area contributed by atoms with Gasteiger partial charge in [-0.2, -0.15) is 14.8 Å². The number of rotatable bonds is 1. The van der Waals surface area contributed by atoms with Gasteiger partial charge in [0.25, 0.3) is 11.9 Å². The van der Waals surface area contributed by atoms with E-state index in [-0.39, 0.29) is 23.6 Å². The van der Waals surface area contributed by atoms with E-state index in [1.807, 2.05) is 0 Å². The Morgan fingerprint density at radius 3 is 2.68 bits per heavy atom. The van der Waals surface area contributed by atoms with E-state index in [0.29, 0.717) is 24.7 Å². The quantitative estimate of drug-likeness (QED) is 0.738. The number of nitrogens with zero attached hydrogens (tertiary/aromatic N) is 5. The van der Waals surface area contributed by atoms with Crippen LogP contribution in [0.5, 0.6) is 0 Å². The molecule has 0 aromatic carbocycles. The van der Waals surface area contributed by atoms with Gasteiger partial charge in [0.15, 0.2) is 0 Å². The number of aryl methyl sites for hydroxylation is 1. The summed E-state index contributed by atoms with van der Waals surface area (Å²) < 4.78 is 1.33. The normalized spacial score (nSPS) is 22.6. The van der Waals surface area contributed by atoms with Crippen LogP contribution in [-0.2, 0) is 14.4 Å². The molecule has 3 amide bonds. The highest BCUT2D eigenvalue weighted by Gasteiger charge is 2.34. The maximum Gasteiger partial charge on any atom is 0.315 e. The van der Waals surface area contributed by atoms with Crippen LogP contribution in [0.3, 0.4) is 0 Å². The zero-order chi connectivity index (χ0) is 19.8. The molecule has 1 aliphatic carbocycles. The molecule has 1 aromatic rings. The van der Waals surface area contributed by atoms with Gasteiger partial charge in [-0.15, -0.1) is 0 Å². The Hall–Kier alpha value is -2.84. The maximum atomic E-state index is 12.5. The van der Waals surface area contributed by atoms with Crippen molar-refractivity contribution in [1.82, 2.24) is 14.7 Å². The van der Waals surface area contributed by atoms with Crippen LogP contribution in [0.2, 0.25) is 0 Å². The smallest absolute Gasteiger partial charge is 0.315 e. The number of likely N-dealkylation sites (tertiary alicyclic amines) is 1. The average Bonchev–Trinajstić information content (AvgIpc) is 3.28. The van der Waals surface area contributed by atoms with E-state index in [9.17, 15) is 14.4 Å². The SMILES string of the molecule is Cc1cc(NC(=O)C(=O)N2CCC(C)CC2)n(C2=NC(=O)C3CCCC3=N2)n1. The fourth-order valence-corrected chi connectivity index (χ4v) is 3.92. The molecule has 3 heterocycles. The molecule has 1 saturated heterocycles. The van der Waals surface area contributed by atoms with Gasteiger partial charge in [0, 0.05) is 24.9 Å². The van der Waals surface area contributed by atoms with Crippen LogP contribution in [0.4, 0.5) is 5.82 Å². The number of anilines is 1. The first kappa shape index (κ1) is 18.5. The third kappa shape index (κ3) is 3.48. The molecule has 2 fully saturated rings. The van der Waals surface area contributed by atoms with Crippen molar-refractivity contribution in [1.29, 1.82) is 0 Å². The molecule has 1 N–H and O–H groups in total. The van der Waals surface area contributed by atoms with Crippen LogP contribution in [0.15, 0.2) is 16.1 Å². The number of hydrogen-bond donors (Lipinski definition) is 1. The van der Waals surface area contributed by atoms with Gasteiger partial charge in [0.1, 0.15) is 5.82 Å². The fourth-order valence-electron chi connectivity index (χ4n) is 3.92. The van der Waals surface area contributed by atoms with Gasteiger partial charge in [-0.1, -0.05) is 6.92 Å². The van der Waals surface area contributed by atoms with Crippen molar-refractivity contribution in [2.75, 3.05) is 18.4 Å². The summed E-state index contributed by atoms with van der Waals surface area (Å²) in [5.74, 6) is -0.722. The molecular formula is C19H24N6O3. The minimum Gasteiger partial charge on any atom is -0.334 e. The van der Waals surface area contributed by atoms with Crippen molar-refractivity contribution in [2.24, 2.45) is 21.8 Å². The first-order valence-corrected chi connectivity index (χ1v) is 9.79. The van der Waals surface area contributed by atoms with Gasteiger partial charge in [-0.3, -0.25) is 14.4 Å². The highest BCUT2D eigenvalue weighted by Crippen LogP contribution is 2.27.